The Morgan fingerprint density at radius 1 is 1.00 bits per heavy atom. The number of benzene rings is 2. The lowest BCUT2D eigenvalue weighted by Gasteiger charge is -2.08. The molecule has 0 aliphatic carbocycles. The summed E-state index contributed by atoms with van der Waals surface area (Å²) in [6, 6.07) is 18.9. The van der Waals surface area contributed by atoms with Gasteiger partial charge < -0.3 is 5.32 Å². The van der Waals surface area contributed by atoms with Gasteiger partial charge in [0.1, 0.15) is 0 Å². The van der Waals surface area contributed by atoms with E-state index in [0.717, 1.165) is 29.1 Å². The first-order chi connectivity index (χ1) is 10.9. The molecule has 0 saturated heterocycles. The molecule has 0 atom stereocenters. The molecule has 2 aromatic carbocycles. The van der Waals surface area contributed by atoms with E-state index in [1.54, 1.807) is 0 Å². The van der Waals surface area contributed by atoms with Crippen molar-refractivity contribution in [1.29, 1.82) is 0 Å². The van der Waals surface area contributed by atoms with Crippen molar-refractivity contribution in [3.63, 3.8) is 0 Å². The Morgan fingerprint density at radius 2 is 1.77 bits per heavy atom. The van der Waals surface area contributed by atoms with E-state index in [-0.39, 0.29) is 0 Å². The molecule has 1 aromatic heterocycles. The van der Waals surface area contributed by atoms with Gasteiger partial charge in [0.25, 0.3) is 0 Å². The molecule has 0 spiro atoms. The van der Waals surface area contributed by atoms with Gasteiger partial charge in [0.2, 0.25) is 0 Å². The smallest absolute Gasteiger partial charge is 0.0885 e. The minimum Gasteiger partial charge on any atom is -0.352 e. The number of unbranched alkanes of at least 4 members (excludes halogenated alkanes) is 1. The fourth-order valence-electron chi connectivity index (χ4n) is 2.50. The second-order valence-corrected chi connectivity index (χ2v) is 5.45. The fraction of sp³-hybridized carbons (Fsp3) is 0.211. The zero-order valence-corrected chi connectivity index (χ0v) is 12.8. The van der Waals surface area contributed by atoms with E-state index in [2.05, 4.69) is 58.8 Å². The van der Waals surface area contributed by atoms with Crippen molar-refractivity contribution in [1.82, 2.24) is 10.2 Å². The molecule has 0 amide bonds. The maximum absolute atomic E-state index is 4.17. The molecule has 112 valence electrons. The highest BCUT2D eigenvalue weighted by molar-refractivity contribution is 5.77. The number of aryl methyl sites for hydroxylation is 1. The van der Waals surface area contributed by atoms with Crippen molar-refractivity contribution in [2.45, 2.75) is 26.2 Å². The summed E-state index contributed by atoms with van der Waals surface area (Å²) < 4.78 is 0. The molecular weight excluding hydrogens is 270 g/mol. The van der Waals surface area contributed by atoms with Crippen molar-refractivity contribution in [3.8, 4) is 11.3 Å². The Labute approximate surface area is 131 Å². The van der Waals surface area contributed by atoms with Crippen LogP contribution in [0.4, 0.5) is 11.4 Å². The van der Waals surface area contributed by atoms with Crippen molar-refractivity contribution >= 4 is 11.4 Å². The molecule has 22 heavy (non-hydrogen) atoms. The lowest BCUT2D eigenvalue weighted by Crippen LogP contribution is -1.92. The van der Waals surface area contributed by atoms with Crippen LogP contribution >= 0.6 is 0 Å². The number of hydrogen-bond acceptors (Lipinski definition) is 2. The molecule has 0 fully saturated rings. The van der Waals surface area contributed by atoms with Gasteiger partial charge >= 0.3 is 0 Å². The van der Waals surface area contributed by atoms with Gasteiger partial charge in [-0.25, -0.2) is 0 Å². The van der Waals surface area contributed by atoms with Crippen LogP contribution in [0.15, 0.2) is 60.8 Å². The highest BCUT2D eigenvalue weighted by Crippen LogP contribution is 2.27. The fourth-order valence-corrected chi connectivity index (χ4v) is 2.50. The van der Waals surface area contributed by atoms with Crippen molar-refractivity contribution in [2.75, 3.05) is 5.32 Å². The largest absolute Gasteiger partial charge is 0.352 e. The van der Waals surface area contributed by atoms with E-state index in [0.29, 0.717) is 0 Å². The summed E-state index contributed by atoms with van der Waals surface area (Å²) in [6.45, 7) is 2.22. The predicted octanol–water partition coefficient (Wildman–Crippen LogP) is 5.16. The molecule has 0 saturated carbocycles. The van der Waals surface area contributed by atoms with Crippen molar-refractivity contribution in [3.05, 3.63) is 66.4 Å². The van der Waals surface area contributed by atoms with E-state index in [9.17, 15) is 0 Å². The number of hydrogen-bond donors (Lipinski definition) is 2. The monoisotopic (exact) mass is 291 g/mol. The number of H-pyrrole nitrogens is 1. The normalized spacial score (nSPS) is 10.6. The lowest BCUT2D eigenvalue weighted by atomic mass is 10.1. The third-order valence-corrected chi connectivity index (χ3v) is 3.75. The summed E-state index contributed by atoms with van der Waals surface area (Å²) in [6.07, 6.45) is 5.45. The number of anilines is 2. The molecule has 1 heterocycles. The first-order valence-corrected chi connectivity index (χ1v) is 7.81. The van der Waals surface area contributed by atoms with Gasteiger partial charge in [0.05, 0.1) is 17.6 Å². The molecule has 0 aliphatic heterocycles. The highest BCUT2D eigenvalue weighted by Gasteiger charge is 2.07. The summed E-state index contributed by atoms with van der Waals surface area (Å²) in [5, 5.41) is 10.7. The third-order valence-electron chi connectivity index (χ3n) is 3.75. The van der Waals surface area contributed by atoms with E-state index < -0.39 is 0 Å². The molecule has 3 aromatic rings. The first-order valence-electron chi connectivity index (χ1n) is 7.81. The molecule has 0 radical (unpaired) electrons. The number of rotatable bonds is 6. The molecule has 3 nitrogen and oxygen atoms in total. The second-order valence-electron chi connectivity index (χ2n) is 5.45. The minimum absolute atomic E-state index is 0.993. The van der Waals surface area contributed by atoms with Crippen LogP contribution in [0.1, 0.15) is 25.3 Å². The summed E-state index contributed by atoms with van der Waals surface area (Å²) >= 11 is 0. The van der Waals surface area contributed by atoms with Crippen LogP contribution in [0.2, 0.25) is 0 Å². The molecule has 2 N–H and O–H groups in total. The van der Waals surface area contributed by atoms with Gasteiger partial charge in [-0.15, -0.1) is 0 Å². The maximum Gasteiger partial charge on any atom is 0.0885 e. The highest BCUT2D eigenvalue weighted by atomic mass is 15.1. The molecule has 0 unspecified atom stereocenters. The number of aromatic nitrogens is 2. The van der Waals surface area contributed by atoms with Crippen LogP contribution in [0.25, 0.3) is 11.3 Å². The number of aromatic amines is 1. The van der Waals surface area contributed by atoms with Crippen LogP contribution in [0.3, 0.4) is 0 Å². The Balaban J connectivity index is 1.75. The van der Waals surface area contributed by atoms with Gasteiger partial charge in [-0.1, -0.05) is 55.8 Å². The molecule has 3 heteroatoms. The van der Waals surface area contributed by atoms with Gasteiger partial charge in [-0.2, -0.15) is 5.10 Å². The molecule has 3 rings (SSSR count). The van der Waals surface area contributed by atoms with Crippen LogP contribution in [-0.4, -0.2) is 10.2 Å². The maximum atomic E-state index is 4.17. The summed E-state index contributed by atoms with van der Waals surface area (Å²) in [5.41, 5.74) is 5.60. The predicted molar refractivity (Wildman–Crippen MR) is 92.4 cm³/mol. The van der Waals surface area contributed by atoms with E-state index in [4.69, 9.17) is 0 Å². The van der Waals surface area contributed by atoms with Gasteiger partial charge in [-0.05, 0) is 30.5 Å². The Kier molecular flexibility index (Phi) is 4.54. The number of nitrogens with one attached hydrogen (secondary N) is 2. The first kappa shape index (κ1) is 14.4. The average molecular weight is 291 g/mol. The zero-order valence-electron chi connectivity index (χ0n) is 12.8. The lowest BCUT2D eigenvalue weighted by molar-refractivity contribution is 0.795. The van der Waals surface area contributed by atoms with E-state index in [1.807, 2.05) is 24.4 Å². The summed E-state index contributed by atoms with van der Waals surface area (Å²) in [4.78, 5) is 0. The summed E-state index contributed by atoms with van der Waals surface area (Å²) in [7, 11) is 0. The molecule has 0 aliphatic rings. The molecule has 0 bridgehead atoms. The standard InChI is InChI=1S/C19H21N3/c1-2-3-7-15-10-12-17(13-11-15)21-18-14-20-22-19(18)16-8-5-4-6-9-16/h4-6,8-14,21H,2-3,7H2,1H3,(H,20,22). The molecular formula is C19H21N3. The zero-order chi connectivity index (χ0) is 15.2. The van der Waals surface area contributed by atoms with Gasteiger partial charge in [0, 0.05) is 11.3 Å². The van der Waals surface area contributed by atoms with Crippen LogP contribution < -0.4 is 5.32 Å². The quantitative estimate of drug-likeness (QED) is 0.658. The van der Waals surface area contributed by atoms with E-state index >= 15 is 0 Å². The second kappa shape index (κ2) is 6.94. The average Bonchev–Trinajstić information content (AvgIpc) is 3.03. The van der Waals surface area contributed by atoms with Crippen LogP contribution in [0, 0.1) is 0 Å². The van der Waals surface area contributed by atoms with Crippen LogP contribution in [0.5, 0.6) is 0 Å². The van der Waals surface area contributed by atoms with E-state index in [1.165, 1.54) is 18.4 Å². The topological polar surface area (TPSA) is 40.7 Å². The third kappa shape index (κ3) is 3.37. The van der Waals surface area contributed by atoms with Crippen LogP contribution in [-0.2, 0) is 6.42 Å². The van der Waals surface area contributed by atoms with Gasteiger partial charge in [-0.3, -0.25) is 5.10 Å². The van der Waals surface area contributed by atoms with Gasteiger partial charge in [0.15, 0.2) is 0 Å². The Morgan fingerprint density at radius 3 is 2.50 bits per heavy atom. The number of nitrogens with zero attached hydrogens (tertiary/aromatic N) is 1. The summed E-state index contributed by atoms with van der Waals surface area (Å²) in [5.74, 6) is 0. The van der Waals surface area contributed by atoms with Crippen molar-refractivity contribution < 1.29 is 0 Å². The van der Waals surface area contributed by atoms with Crippen molar-refractivity contribution in [2.24, 2.45) is 0 Å². The minimum atomic E-state index is 0.993. The SMILES string of the molecule is CCCCc1ccc(Nc2cn[nH]c2-c2ccccc2)cc1. The Bertz CT molecular complexity index is 699. The Hall–Kier alpha value is -2.55.